The number of aryl methyl sites for hydroxylation is 2. The Kier molecular flexibility index (Phi) is 2.52. The molecule has 3 rings (SSSR count). The van der Waals surface area contributed by atoms with Gasteiger partial charge in [-0.2, -0.15) is 0 Å². The Morgan fingerprint density at radius 1 is 1.44 bits per heavy atom. The van der Waals surface area contributed by atoms with E-state index in [1.165, 1.54) is 22.3 Å². The number of H-pyrrole nitrogens is 1. The van der Waals surface area contributed by atoms with Crippen LogP contribution in [0.25, 0.3) is 16.3 Å². The lowest BCUT2D eigenvalue weighted by Crippen LogP contribution is -2.09. The number of aliphatic carboxylic acids is 1. The first-order valence-electron chi connectivity index (χ1n) is 5.61. The van der Waals surface area contributed by atoms with Gasteiger partial charge in [-0.05, 0) is 30.9 Å². The molecule has 2 heterocycles. The number of rotatable bonds is 2. The van der Waals surface area contributed by atoms with E-state index in [9.17, 15) is 9.59 Å². The summed E-state index contributed by atoms with van der Waals surface area (Å²) in [4.78, 5) is 31.3. The van der Waals surface area contributed by atoms with Gasteiger partial charge < -0.3 is 10.1 Å². The molecule has 0 aromatic carbocycles. The highest BCUT2D eigenvalue weighted by molar-refractivity contribution is 7.18. The van der Waals surface area contributed by atoms with Gasteiger partial charge in [0.05, 0.1) is 5.39 Å². The lowest BCUT2D eigenvalue weighted by molar-refractivity contribution is -0.131. The van der Waals surface area contributed by atoms with Gasteiger partial charge >= 0.3 is 5.97 Å². The predicted molar refractivity (Wildman–Crippen MR) is 68.9 cm³/mol. The third-order valence-electron chi connectivity index (χ3n) is 2.98. The molecule has 0 amide bonds. The largest absolute Gasteiger partial charge is 0.478 e. The molecule has 0 saturated heterocycles. The highest BCUT2D eigenvalue weighted by atomic mass is 32.1. The quantitative estimate of drug-likeness (QED) is 0.805. The molecule has 1 aliphatic carbocycles. The van der Waals surface area contributed by atoms with Crippen molar-refractivity contribution in [1.29, 1.82) is 0 Å². The topological polar surface area (TPSA) is 83.0 Å². The molecule has 5 nitrogen and oxygen atoms in total. The fraction of sp³-hybridized carbons (Fsp3) is 0.250. The number of carboxylic acids is 1. The summed E-state index contributed by atoms with van der Waals surface area (Å²) >= 11 is 1.54. The van der Waals surface area contributed by atoms with Crippen LogP contribution in [0.1, 0.15) is 22.7 Å². The smallest absolute Gasteiger partial charge is 0.328 e. The highest BCUT2D eigenvalue weighted by Gasteiger charge is 2.20. The fourth-order valence-electron chi connectivity index (χ4n) is 2.25. The third kappa shape index (κ3) is 1.74. The lowest BCUT2D eigenvalue weighted by Gasteiger charge is -1.95. The monoisotopic (exact) mass is 262 g/mol. The Balaban J connectivity index is 2.17. The van der Waals surface area contributed by atoms with Crippen molar-refractivity contribution < 1.29 is 9.90 Å². The van der Waals surface area contributed by atoms with Crippen LogP contribution < -0.4 is 5.56 Å². The summed E-state index contributed by atoms with van der Waals surface area (Å²) in [5.41, 5.74) is 0.946. The van der Waals surface area contributed by atoms with E-state index in [2.05, 4.69) is 9.97 Å². The Labute approximate surface area is 106 Å². The maximum absolute atomic E-state index is 12.0. The molecule has 0 saturated carbocycles. The average molecular weight is 262 g/mol. The average Bonchev–Trinajstić information content (AvgIpc) is 2.85. The SMILES string of the molecule is O=C(O)/C=C\c1nc2sc3c(c2c(=O)[nH]1)CCC3. The van der Waals surface area contributed by atoms with Crippen LogP contribution in [0.2, 0.25) is 0 Å². The van der Waals surface area contributed by atoms with Crippen LogP contribution in [0, 0.1) is 0 Å². The van der Waals surface area contributed by atoms with Crippen molar-refractivity contribution >= 4 is 33.6 Å². The second-order valence-electron chi connectivity index (χ2n) is 4.16. The number of aromatic amines is 1. The van der Waals surface area contributed by atoms with E-state index >= 15 is 0 Å². The number of fused-ring (bicyclic) bond motifs is 3. The maximum Gasteiger partial charge on any atom is 0.328 e. The second kappa shape index (κ2) is 4.06. The van der Waals surface area contributed by atoms with E-state index in [-0.39, 0.29) is 11.4 Å². The Morgan fingerprint density at radius 2 is 2.28 bits per heavy atom. The van der Waals surface area contributed by atoms with Gasteiger partial charge in [0.2, 0.25) is 0 Å². The number of carboxylic acid groups (broad SMARTS) is 1. The van der Waals surface area contributed by atoms with Crippen molar-refractivity contribution in [3.05, 3.63) is 32.7 Å². The zero-order valence-electron chi connectivity index (χ0n) is 9.40. The van der Waals surface area contributed by atoms with Crippen molar-refractivity contribution in [1.82, 2.24) is 9.97 Å². The van der Waals surface area contributed by atoms with Gasteiger partial charge in [0.1, 0.15) is 10.7 Å². The normalized spacial score (nSPS) is 14.4. The van der Waals surface area contributed by atoms with Crippen LogP contribution in [0.4, 0.5) is 0 Å². The van der Waals surface area contributed by atoms with Crippen LogP contribution in [-0.2, 0) is 17.6 Å². The van der Waals surface area contributed by atoms with Crippen molar-refractivity contribution in [2.24, 2.45) is 0 Å². The first-order valence-corrected chi connectivity index (χ1v) is 6.42. The summed E-state index contributed by atoms with van der Waals surface area (Å²) in [6.07, 6.45) is 5.30. The number of carbonyl (C=O) groups is 1. The maximum atomic E-state index is 12.0. The predicted octanol–water partition coefficient (Wildman–Crippen LogP) is 1.57. The van der Waals surface area contributed by atoms with Gasteiger partial charge in [-0.1, -0.05) is 0 Å². The van der Waals surface area contributed by atoms with Gasteiger partial charge in [0.15, 0.2) is 0 Å². The molecule has 2 aromatic heterocycles. The molecule has 0 aliphatic heterocycles. The molecule has 0 spiro atoms. The number of nitrogens with zero attached hydrogens (tertiary/aromatic N) is 1. The third-order valence-corrected chi connectivity index (χ3v) is 4.16. The van der Waals surface area contributed by atoms with E-state index in [4.69, 9.17) is 5.11 Å². The number of aromatic nitrogens is 2. The molecule has 18 heavy (non-hydrogen) atoms. The summed E-state index contributed by atoms with van der Waals surface area (Å²) in [5, 5.41) is 9.23. The molecule has 0 radical (unpaired) electrons. The van der Waals surface area contributed by atoms with E-state index in [1.807, 2.05) is 0 Å². The van der Waals surface area contributed by atoms with Crippen LogP contribution in [-0.4, -0.2) is 21.0 Å². The minimum absolute atomic E-state index is 0.176. The number of thiophene rings is 1. The summed E-state index contributed by atoms with van der Waals surface area (Å²) in [5.74, 6) is -0.777. The summed E-state index contributed by atoms with van der Waals surface area (Å²) in [6.45, 7) is 0. The first kappa shape index (κ1) is 11.2. The van der Waals surface area contributed by atoms with Gasteiger partial charge in [-0.15, -0.1) is 11.3 Å². The molecule has 1 aliphatic rings. The molecule has 0 fully saturated rings. The summed E-state index contributed by atoms with van der Waals surface area (Å²) in [6, 6.07) is 0. The number of nitrogens with one attached hydrogen (secondary N) is 1. The number of hydrogen-bond acceptors (Lipinski definition) is 4. The molecule has 0 bridgehead atoms. The zero-order chi connectivity index (χ0) is 12.7. The Hall–Kier alpha value is -1.95. The lowest BCUT2D eigenvalue weighted by atomic mass is 10.2. The fourth-order valence-corrected chi connectivity index (χ4v) is 3.52. The number of hydrogen-bond donors (Lipinski definition) is 2. The molecular weight excluding hydrogens is 252 g/mol. The van der Waals surface area contributed by atoms with Crippen molar-refractivity contribution in [2.45, 2.75) is 19.3 Å². The van der Waals surface area contributed by atoms with Crippen LogP contribution in [0.3, 0.4) is 0 Å². The Morgan fingerprint density at radius 3 is 3.06 bits per heavy atom. The van der Waals surface area contributed by atoms with Gasteiger partial charge in [0, 0.05) is 11.0 Å². The minimum Gasteiger partial charge on any atom is -0.478 e. The van der Waals surface area contributed by atoms with E-state index in [0.29, 0.717) is 10.2 Å². The van der Waals surface area contributed by atoms with Gasteiger partial charge in [-0.3, -0.25) is 4.79 Å². The molecular formula is C12H10N2O3S. The molecule has 2 N–H and O–H groups in total. The first-order chi connectivity index (χ1) is 8.65. The van der Waals surface area contributed by atoms with Crippen molar-refractivity contribution in [2.75, 3.05) is 0 Å². The van der Waals surface area contributed by atoms with Crippen LogP contribution in [0.5, 0.6) is 0 Å². The van der Waals surface area contributed by atoms with Crippen LogP contribution in [0.15, 0.2) is 10.9 Å². The summed E-state index contributed by atoms with van der Waals surface area (Å²) < 4.78 is 0. The summed E-state index contributed by atoms with van der Waals surface area (Å²) in [7, 11) is 0. The van der Waals surface area contributed by atoms with Crippen LogP contribution >= 0.6 is 11.3 Å². The van der Waals surface area contributed by atoms with E-state index < -0.39 is 5.97 Å². The van der Waals surface area contributed by atoms with Crippen molar-refractivity contribution in [3.63, 3.8) is 0 Å². The van der Waals surface area contributed by atoms with E-state index in [1.54, 1.807) is 0 Å². The van der Waals surface area contributed by atoms with Gasteiger partial charge in [0.25, 0.3) is 5.56 Å². The van der Waals surface area contributed by atoms with E-state index in [0.717, 1.165) is 30.9 Å². The Bertz CT molecular complexity index is 727. The van der Waals surface area contributed by atoms with Crippen molar-refractivity contribution in [3.8, 4) is 0 Å². The zero-order valence-corrected chi connectivity index (χ0v) is 10.2. The molecule has 0 atom stereocenters. The highest BCUT2D eigenvalue weighted by Crippen LogP contribution is 2.34. The molecule has 92 valence electrons. The molecule has 6 heteroatoms. The standard InChI is InChI=1S/C12H10N2O3S/c15-9(16)5-4-8-13-11(17)10-6-2-1-3-7(6)18-12(10)14-8/h4-5H,1-3H2,(H,15,16)(H,13,14,17)/b5-4-. The second-order valence-corrected chi connectivity index (χ2v) is 5.24. The minimum atomic E-state index is -1.06. The molecule has 0 unspecified atom stereocenters. The molecule has 2 aromatic rings. The van der Waals surface area contributed by atoms with Gasteiger partial charge in [-0.25, -0.2) is 9.78 Å².